The lowest BCUT2D eigenvalue weighted by Crippen LogP contribution is -2.52. The largest absolute Gasteiger partial charge is 0.337 e. The van der Waals surface area contributed by atoms with Crippen LogP contribution in [0.25, 0.3) is 0 Å². The van der Waals surface area contributed by atoms with Crippen LogP contribution in [0, 0.1) is 0 Å². The van der Waals surface area contributed by atoms with Gasteiger partial charge in [-0.1, -0.05) is 6.07 Å². The molecule has 4 heteroatoms. The van der Waals surface area contributed by atoms with E-state index in [-0.39, 0.29) is 5.91 Å². The summed E-state index contributed by atoms with van der Waals surface area (Å²) in [4.78, 5) is 18.1. The SMILES string of the molecule is CC1CNCCN1C(=O)CCc1cccnc1. The Bertz CT molecular complexity index is 366. The van der Waals surface area contributed by atoms with Gasteiger partial charge in [-0.25, -0.2) is 0 Å². The van der Waals surface area contributed by atoms with Crippen LogP contribution in [0.2, 0.25) is 0 Å². The zero-order valence-electron chi connectivity index (χ0n) is 10.2. The predicted octanol–water partition coefficient (Wildman–Crippen LogP) is 0.834. The number of rotatable bonds is 3. The fraction of sp³-hybridized carbons (Fsp3) is 0.538. The van der Waals surface area contributed by atoms with Gasteiger partial charge in [0.15, 0.2) is 0 Å². The van der Waals surface area contributed by atoms with Gasteiger partial charge >= 0.3 is 0 Å². The lowest BCUT2D eigenvalue weighted by Gasteiger charge is -2.34. The molecule has 0 spiro atoms. The highest BCUT2D eigenvalue weighted by molar-refractivity contribution is 5.76. The van der Waals surface area contributed by atoms with E-state index in [0.717, 1.165) is 31.6 Å². The molecule has 1 aliphatic heterocycles. The van der Waals surface area contributed by atoms with Gasteiger partial charge in [-0.05, 0) is 25.0 Å². The Morgan fingerprint density at radius 2 is 2.53 bits per heavy atom. The van der Waals surface area contributed by atoms with Gasteiger partial charge in [0.2, 0.25) is 5.91 Å². The first-order valence-corrected chi connectivity index (χ1v) is 6.16. The second kappa shape index (κ2) is 5.77. The first-order valence-electron chi connectivity index (χ1n) is 6.16. The first-order chi connectivity index (χ1) is 8.27. The Morgan fingerprint density at radius 1 is 1.65 bits per heavy atom. The minimum Gasteiger partial charge on any atom is -0.337 e. The van der Waals surface area contributed by atoms with Gasteiger partial charge in [-0.2, -0.15) is 0 Å². The molecular formula is C13H19N3O. The number of carbonyl (C=O) groups excluding carboxylic acids is 1. The molecule has 17 heavy (non-hydrogen) atoms. The summed E-state index contributed by atoms with van der Waals surface area (Å²) in [6.45, 7) is 4.72. The molecule has 1 aliphatic rings. The van der Waals surface area contributed by atoms with Gasteiger partial charge < -0.3 is 10.2 Å². The van der Waals surface area contributed by atoms with E-state index >= 15 is 0 Å². The molecule has 1 aromatic rings. The normalized spacial score (nSPS) is 20.3. The van der Waals surface area contributed by atoms with E-state index in [1.54, 1.807) is 6.20 Å². The molecule has 1 fully saturated rings. The lowest BCUT2D eigenvalue weighted by molar-refractivity contribution is -0.133. The molecule has 0 radical (unpaired) electrons. The number of piperazine rings is 1. The average Bonchev–Trinajstić information content (AvgIpc) is 2.38. The molecular weight excluding hydrogens is 214 g/mol. The number of pyridine rings is 1. The summed E-state index contributed by atoms with van der Waals surface area (Å²) in [5.41, 5.74) is 1.13. The smallest absolute Gasteiger partial charge is 0.223 e. The summed E-state index contributed by atoms with van der Waals surface area (Å²) in [5, 5.41) is 3.29. The molecule has 2 rings (SSSR count). The maximum absolute atomic E-state index is 12.1. The number of aryl methyl sites for hydroxylation is 1. The van der Waals surface area contributed by atoms with Gasteiger partial charge in [0.1, 0.15) is 0 Å². The summed E-state index contributed by atoms with van der Waals surface area (Å²) in [6, 6.07) is 4.24. The average molecular weight is 233 g/mol. The highest BCUT2D eigenvalue weighted by atomic mass is 16.2. The quantitative estimate of drug-likeness (QED) is 0.841. The van der Waals surface area contributed by atoms with E-state index in [4.69, 9.17) is 0 Å². The highest BCUT2D eigenvalue weighted by Gasteiger charge is 2.22. The van der Waals surface area contributed by atoms with Crippen LogP contribution in [0.5, 0.6) is 0 Å². The van der Waals surface area contributed by atoms with Crippen molar-refractivity contribution in [3.8, 4) is 0 Å². The first kappa shape index (κ1) is 12.0. The molecule has 1 atom stereocenters. The summed E-state index contributed by atoms with van der Waals surface area (Å²) >= 11 is 0. The van der Waals surface area contributed by atoms with Crippen LogP contribution in [0.3, 0.4) is 0 Å². The molecule has 0 bridgehead atoms. The minimum atomic E-state index is 0.253. The van der Waals surface area contributed by atoms with Crippen molar-refractivity contribution in [2.24, 2.45) is 0 Å². The third-order valence-electron chi connectivity index (χ3n) is 3.17. The predicted molar refractivity (Wildman–Crippen MR) is 66.6 cm³/mol. The third kappa shape index (κ3) is 3.27. The molecule has 1 amide bonds. The van der Waals surface area contributed by atoms with Crippen molar-refractivity contribution in [2.45, 2.75) is 25.8 Å². The Kier molecular flexibility index (Phi) is 4.09. The summed E-state index contributed by atoms with van der Waals surface area (Å²) in [5.74, 6) is 0.253. The van der Waals surface area contributed by atoms with Crippen molar-refractivity contribution in [2.75, 3.05) is 19.6 Å². The van der Waals surface area contributed by atoms with Crippen molar-refractivity contribution in [1.82, 2.24) is 15.2 Å². The van der Waals surface area contributed by atoms with Gasteiger partial charge in [-0.15, -0.1) is 0 Å². The van der Waals surface area contributed by atoms with Crippen LogP contribution in [0.4, 0.5) is 0 Å². The van der Waals surface area contributed by atoms with Gasteiger partial charge in [-0.3, -0.25) is 9.78 Å². The van der Waals surface area contributed by atoms with Crippen LogP contribution < -0.4 is 5.32 Å². The number of amides is 1. The van der Waals surface area contributed by atoms with E-state index < -0.39 is 0 Å². The van der Waals surface area contributed by atoms with E-state index in [1.807, 2.05) is 23.2 Å². The van der Waals surface area contributed by atoms with Crippen LogP contribution >= 0.6 is 0 Å². The van der Waals surface area contributed by atoms with Crippen LogP contribution in [-0.4, -0.2) is 41.5 Å². The zero-order chi connectivity index (χ0) is 12.1. The Balaban J connectivity index is 1.84. The molecule has 1 N–H and O–H groups in total. The fourth-order valence-corrected chi connectivity index (χ4v) is 2.15. The standard InChI is InChI=1S/C13H19N3O/c1-11-9-15-7-8-16(11)13(17)5-4-12-3-2-6-14-10-12/h2-3,6,10-11,15H,4-5,7-9H2,1H3. The lowest BCUT2D eigenvalue weighted by atomic mass is 10.1. The third-order valence-corrected chi connectivity index (χ3v) is 3.17. The van der Waals surface area contributed by atoms with E-state index in [0.29, 0.717) is 12.5 Å². The van der Waals surface area contributed by atoms with E-state index in [2.05, 4.69) is 17.2 Å². The van der Waals surface area contributed by atoms with E-state index in [9.17, 15) is 4.79 Å². The number of hydrogen-bond acceptors (Lipinski definition) is 3. The van der Waals surface area contributed by atoms with Crippen molar-refractivity contribution in [1.29, 1.82) is 0 Å². The molecule has 0 aromatic carbocycles. The minimum absolute atomic E-state index is 0.253. The summed E-state index contributed by atoms with van der Waals surface area (Å²) in [7, 11) is 0. The number of aromatic nitrogens is 1. The number of nitrogens with one attached hydrogen (secondary N) is 1. The van der Waals surface area contributed by atoms with Crippen molar-refractivity contribution in [3.63, 3.8) is 0 Å². The van der Waals surface area contributed by atoms with E-state index in [1.165, 1.54) is 0 Å². The monoisotopic (exact) mass is 233 g/mol. The van der Waals surface area contributed by atoms with Crippen molar-refractivity contribution < 1.29 is 4.79 Å². The van der Waals surface area contributed by atoms with Gasteiger partial charge in [0, 0.05) is 44.5 Å². The second-order valence-electron chi connectivity index (χ2n) is 4.50. The maximum Gasteiger partial charge on any atom is 0.223 e. The fourth-order valence-electron chi connectivity index (χ4n) is 2.15. The van der Waals surface area contributed by atoms with Crippen molar-refractivity contribution >= 4 is 5.91 Å². The Morgan fingerprint density at radius 3 is 3.24 bits per heavy atom. The van der Waals surface area contributed by atoms with Gasteiger partial charge in [0.25, 0.3) is 0 Å². The number of hydrogen-bond donors (Lipinski definition) is 1. The summed E-state index contributed by atoms with van der Waals surface area (Å²) < 4.78 is 0. The molecule has 4 nitrogen and oxygen atoms in total. The number of nitrogens with zero attached hydrogens (tertiary/aromatic N) is 2. The molecule has 92 valence electrons. The Labute approximate surface area is 102 Å². The topological polar surface area (TPSA) is 45.2 Å². The van der Waals surface area contributed by atoms with Crippen LogP contribution in [0.15, 0.2) is 24.5 Å². The molecule has 1 saturated heterocycles. The van der Waals surface area contributed by atoms with Crippen LogP contribution in [0.1, 0.15) is 18.9 Å². The Hall–Kier alpha value is -1.42. The van der Waals surface area contributed by atoms with Crippen LogP contribution in [-0.2, 0) is 11.2 Å². The maximum atomic E-state index is 12.1. The summed E-state index contributed by atoms with van der Waals surface area (Å²) in [6.07, 6.45) is 4.94. The molecule has 1 unspecified atom stereocenters. The molecule has 2 heterocycles. The zero-order valence-corrected chi connectivity index (χ0v) is 10.2. The molecule has 0 saturated carbocycles. The van der Waals surface area contributed by atoms with Crippen molar-refractivity contribution in [3.05, 3.63) is 30.1 Å². The molecule has 0 aliphatic carbocycles. The molecule has 1 aromatic heterocycles. The highest BCUT2D eigenvalue weighted by Crippen LogP contribution is 2.08. The number of carbonyl (C=O) groups is 1. The van der Waals surface area contributed by atoms with Gasteiger partial charge in [0.05, 0.1) is 0 Å². The second-order valence-corrected chi connectivity index (χ2v) is 4.50.